The van der Waals surface area contributed by atoms with Crippen LogP contribution in [0.2, 0.25) is 0 Å². The number of carbonyl (C=O) groups is 1. The van der Waals surface area contributed by atoms with Gasteiger partial charge in [-0.1, -0.05) is 0 Å². The predicted octanol–water partition coefficient (Wildman–Crippen LogP) is 2.03. The van der Waals surface area contributed by atoms with Crippen LogP contribution in [-0.2, 0) is 17.6 Å². The number of fused-ring (bicyclic) bond motifs is 4. The van der Waals surface area contributed by atoms with Crippen LogP contribution >= 0.6 is 11.3 Å². The second-order valence-electron chi connectivity index (χ2n) is 8.10. The van der Waals surface area contributed by atoms with Crippen molar-refractivity contribution in [2.24, 2.45) is 0 Å². The number of nitrogens with zero attached hydrogens (tertiary/aromatic N) is 5. The van der Waals surface area contributed by atoms with Crippen molar-refractivity contribution in [1.29, 1.82) is 0 Å². The molecule has 0 aliphatic carbocycles. The molecule has 7 nitrogen and oxygen atoms in total. The van der Waals surface area contributed by atoms with E-state index in [1.807, 2.05) is 18.5 Å². The van der Waals surface area contributed by atoms with Gasteiger partial charge in [-0.2, -0.15) is 0 Å². The van der Waals surface area contributed by atoms with Crippen LogP contribution < -0.4 is 4.90 Å². The second kappa shape index (κ2) is 7.08. The van der Waals surface area contributed by atoms with Crippen LogP contribution in [0.15, 0.2) is 11.6 Å². The standard InChI is InChI=1S/C20H25N5O2S/c1-12-22-13(11-28-12)7-19(27)25-14-4-5-18(25)16-9-21-20(23-17(16)8-14)24-6-2-3-15(26)10-24/h9,11,14-15,18,26H,2-8,10H2,1H3/t14-,15+,18+/m1/s1. The van der Waals surface area contributed by atoms with Crippen molar-refractivity contribution in [1.82, 2.24) is 19.9 Å². The zero-order valence-corrected chi connectivity index (χ0v) is 16.9. The van der Waals surface area contributed by atoms with Crippen molar-refractivity contribution < 1.29 is 9.90 Å². The fourth-order valence-corrected chi connectivity index (χ4v) is 5.48. The first-order valence-corrected chi connectivity index (χ1v) is 11.0. The average Bonchev–Trinajstić information content (AvgIpc) is 3.23. The molecule has 0 saturated carbocycles. The summed E-state index contributed by atoms with van der Waals surface area (Å²) in [4.78, 5) is 31.1. The first-order chi connectivity index (χ1) is 13.6. The zero-order chi connectivity index (χ0) is 19.3. The first-order valence-electron chi connectivity index (χ1n) is 10.1. The lowest BCUT2D eigenvalue weighted by molar-refractivity contribution is -0.134. The van der Waals surface area contributed by atoms with Crippen LogP contribution in [-0.4, -0.2) is 56.1 Å². The van der Waals surface area contributed by atoms with Gasteiger partial charge in [0.1, 0.15) is 0 Å². The van der Waals surface area contributed by atoms with E-state index in [1.165, 1.54) is 0 Å². The summed E-state index contributed by atoms with van der Waals surface area (Å²) < 4.78 is 0. The molecule has 1 N–H and O–H groups in total. The smallest absolute Gasteiger partial charge is 0.229 e. The van der Waals surface area contributed by atoms with E-state index in [2.05, 4.69) is 19.8 Å². The average molecular weight is 400 g/mol. The van der Waals surface area contributed by atoms with Gasteiger partial charge in [-0.25, -0.2) is 15.0 Å². The molecule has 5 heterocycles. The van der Waals surface area contributed by atoms with Crippen LogP contribution in [0.25, 0.3) is 0 Å². The molecular formula is C20H25N5O2S. The number of aromatic nitrogens is 3. The van der Waals surface area contributed by atoms with Crippen molar-refractivity contribution >= 4 is 23.2 Å². The molecule has 2 bridgehead atoms. The Morgan fingerprint density at radius 3 is 3.00 bits per heavy atom. The third-order valence-electron chi connectivity index (χ3n) is 6.14. The summed E-state index contributed by atoms with van der Waals surface area (Å²) in [7, 11) is 0. The normalized spacial score (nSPS) is 26.4. The molecular weight excluding hydrogens is 374 g/mol. The minimum absolute atomic E-state index is 0.0852. The molecule has 2 aromatic rings. The highest BCUT2D eigenvalue weighted by molar-refractivity contribution is 7.09. The number of anilines is 1. The van der Waals surface area contributed by atoms with E-state index < -0.39 is 0 Å². The Kier molecular flexibility index (Phi) is 4.55. The van der Waals surface area contributed by atoms with Gasteiger partial charge in [0, 0.05) is 42.7 Å². The number of amides is 1. The summed E-state index contributed by atoms with van der Waals surface area (Å²) in [6.45, 7) is 3.46. The van der Waals surface area contributed by atoms with Crippen molar-refractivity contribution in [3.8, 4) is 0 Å². The van der Waals surface area contributed by atoms with E-state index in [-0.39, 0.29) is 24.1 Å². The van der Waals surface area contributed by atoms with Gasteiger partial charge >= 0.3 is 0 Å². The summed E-state index contributed by atoms with van der Waals surface area (Å²) in [5.41, 5.74) is 3.04. The quantitative estimate of drug-likeness (QED) is 0.850. The molecule has 5 rings (SSSR count). The molecule has 0 spiro atoms. The predicted molar refractivity (Wildman–Crippen MR) is 106 cm³/mol. The zero-order valence-electron chi connectivity index (χ0n) is 16.0. The fourth-order valence-electron chi connectivity index (χ4n) is 4.87. The third kappa shape index (κ3) is 3.18. The summed E-state index contributed by atoms with van der Waals surface area (Å²) in [6.07, 6.45) is 6.58. The summed E-state index contributed by atoms with van der Waals surface area (Å²) in [5.74, 6) is 0.876. The minimum Gasteiger partial charge on any atom is -0.391 e. The first kappa shape index (κ1) is 18.0. The molecule has 1 amide bonds. The van der Waals surface area contributed by atoms with Crippen molar-refractivity contribution in [2.45, 2.75) is 63.6 Å². The molecule has 3 atom stereocenters. The number of piperidine rings is 1. The van der Waals surface area contributed by atoms with Crippen LogP contribution in [0.5, 0.6) is 0 Å². The summed E-state index contributed by atoms with van der Waals surface area (Å²) in [6, 6.07) is 0.307. The van der Waals surface area contributed by atoms with Crippen molar-refractivity contribution in [2.75, 3.05) is 18.0 Å². The summed E-state index contributed by atoms with van der Waals surface area (Å²) >= 11 is 1.59. The molecule has 3 aliphatic rings. The number of carbonyl (C=O) groups excluding carboxylic acids is 1. The molecule has 2 saturated heterocycles. The maximum absolute atomic E-state index is 13.0. The fraction of sp³-hybridized carbons (Fsp3) is 0.600. The van der Waals surface area contributed by atoms with Gasteiger partial charge in [0.15, 0.2) is 0 Å². The number of hydrogen-bond acceptors (Lipinski definition) is 7. The number of β-amino-alcohol motifs (C(OH)–C–C–N with tert-alkyl or cyclic N) is 1. The number of thiazole rings is 1. The molecule has 3 aliphatic heterocycles. The monoisotopic (exact) mass is 399 g/mol. The molecule has 2 aromatic heterocycles. The van der Waals surface area contributed by atoms with E-state index >= 15 is 0 Å². The highest BCUT2D eigenvalue weighted by Gasteiger charge is 2.43. The number of aryl methyl sites for hydroxylation is 1. The Bertz CT molecular complexity index is 900. The number of rotatable bonds is 3. The second-order valence-corrected chi connectivity index (χ2v) is 9.16. The molecule has 2 fully saturated rings. The Hall–Kier alpha value is -2.06. The third-order valence-corrected chi connectivity index (χ3v) is 6.97. The minimum atomic E-state index is -0.299. The van der Waals surface area contributed by atoms with Gasteiger partial charge in [-0.15, -0.1) is 11.3 Å². The Morgan fingerprint density at radius 2 is 2.21 bits per heavy atom. The lowest BCUT2D eigenvalue weighted by Crippen LogP contribution is -2.44. The molecule has 0 aromatic carbocycles. The van der Waals surface area contributed by atoms with Crippen molar-refractivity contribution in [3.63, 3.8) is 0 Å². The van der Waals surface area contributed by atoms with Gasteiger partial charge in [-0.05, 0) is 32.6 Å². The van der Waals surface area contributed by atoms with E-state index in [0.717, 1.165) is 66.6 Å². The molecule has 0 radical (unpaired) electrons. The summed E-state index contributed by atoms with van der Waals surface area (Å²) in [5, 5.41) is 12.9. The Labute approximate surface area is 168 Å². The van der Waals surface area contributed by atoms with Crippen LogP contribution in [0.4, 0.5) is 5.95 Å². The van der Waals surface area contributed by atoms with Crippen LogP contribution in [0.3, 0.4) is 0 Å². The van der Waals surface area contributed by atoms with Gasteiger partial charge < -0.3 is 14.9 Å². The lowest BCUT2D eigenvalue weighted by Gasteiger charge is -2.36. The highest BCUT2D eigenvalue weighted by atomic mass is 32.1. The SMILES string of the molecule is Cc1nc(CC(=O)N2[C@@H]3CC[C@H]2c2cnc(N4CCC[C@H](O)C4)nc2C3)cs1. The number of aliphatic hydroxyl groups excluding tert-OH is 1. The van der Waals surface area contributed by atoms with E-state index in [0.29, 0.717) is 13.0 Å². The largest absolute Gasteiger partial charge is 0.391 e. The van der Waals surface area contributed by atoms with Gasteiger partial charge in [0.25, 0.3) is 0 Å². The van der Waals surface area contributed by atoms with Gasteiger partial charge in [-0.3, -0.25) is 4.79 Å². The maximum atomic E-state index is 13.0. The number of hydrogen-bond donors (Lipinski definition) is 1. The Morgan fingerprint density at radius 1 is 1.32 bits per heavy atom. The molecule has 28 heavy (non-hydrogen) atoms. The number of aliphatic hydroxyl groups is 1. The highest BCUT2D eigenvalue weighted by Crippen LogP contribution is 2.43. The topological polar surface area (TPSA) is 82.5 Å². The van der Waals surface area contributed by atoms with Gasteiger partial charge in [0.2, 0.25) is 11.9 Å². The van der Waals surface area contributed by atoms with Crippen LogP contribution in [0, 0.1) is 6.92 Å². The lowest BCUT2D eigenvalue weighted by atomic mass is 9.98. The Balaban J connectivity index is 1.37. The van der Waals surface area contributed by atoms with E-state index in [9.17, 15) is 9.90 Å². The van der Waals surface area contributed by atoms with Crippen molar-refractivity contribution in [3.05, 3.63) is 33.5 Å². The van der Waals surface area contributed by atoms with Gasteiger partial charge in [0.05, 0.1) is 35.0 Å². The molecule has 8 heteroatoms. The van der Waals surface area contributed by atoms with E-state index in [4.69, 9.17) is 4.98 Å². The molecule has 0 unspecified atom stereocenters. The maximum Gasteiger partial charge on any atom is 0.229 e. The van der Waals surface area contributed by atoms with Crippen LogP contribution in [0.1, 0.15) is 53.7 Å². The van der Waals surface area contributed by atoms with E-state index in [1.54, 1.807) is 11.3 Å². The molecule has 148 valence electrons.